The molecule has 184 valence electrons. The SMILES string of the molecule is COC12CC[C@H](CCO)OC1C[C@@H]1O[C@H](CCCOC(C)=O)[C@H](OCc3ccccc3)C1O2. The lowest BCUT2D eigenvalue weighted by Gasteiger charge is -2.51. The molecule has 3 saturated heterocycles. The van der Waals surface area contributed by atoms with Crippen LogP contribution in [0.4, 0.5) is 0 Å². The number of hydrogen-bond acceptors (Lipinski definition) is 8. The molecule has 1 aromatic carbocycles. The van der Waals surface area contributed by atoms with Crippen LogP contribution >= 0.6 is 0 Å². The van der Waals surface area contributed by atoms with E-state index in [4.69, 9.17) is 28.4 Å². The summed E-state index contributed by atoms with van der Waals surface area (Å²) >= 11 is 0. The summed E-state index contributed by atoms with van der Waals surface area (Å²) in [6, 6.07) is 10.0. The number of ether oxygens (including phenoxy) is 6. The van der Waals surface area contributed by atoms with Crippen LogP contribution in [0, 0.1) is 0 Å². The van der Waals surface area contributed by atoms with Gasteiger partial charge in [-0.2, -0.15) is 0 Å². The molecule has 1 aromatic rings. The van der Waals surface area contributed by atoms with E-state index in [1.165, 1.54) is 6.92 Å². The van der Waals surface area contributed by atoms with Gasteiger partial charge in [0, 0.05) is 33.5 Å². The first kappa shape index (κ1) is 24.6. The topological polar surface area (TPSA) is 92.7 Å². The molecule has 4 rings (SSSR count). The standard InChI is InChI=1S/C25H36O8/c1-17(27)29-14-6-9-20-23(30-16-18-7-4-3-5-8-18)24-21(32-20)15-22-25(28-2,33-24)12-10-19(31-22)11-13-26/h3-5,7-8,19-24,26H,6,9-16H2,1-2H3/t19-,20-,21+,22?,23+,24?,25?/m1/s1. The van der Waals surface area contributed by atoms with Gasteiger partial charge in [0.05, 0.1) is 31.5 Å². The van der Waals surface area contributed by atoms with Gasteiger partial charge in [0.1, 0.15) is 18.3 Å². The van der Waals surface area contributed by atoms with Gasteiger partial charge in [-0.3, -0.25) is 4.79 Å². The van der Waals surface area contributed by atoms with Gasteiger partial charge in [0.25, 0.3) is 0 Å². The molecule has 3 fully saturated rings. The zero-order chi connectivity index (χ0) is 23.3. The monoisotopic (exact) mass is 464 g/mol. The highest BCUT2D eigenvalue weighted by atomic mass is 16.7. The third-order valence-corrected chi connectivity index (χ3v) is 6.87. The summed E-state index contributed by atoms with van der Waals surface area (Å²) in [7, 11) is 1.66. The van der Waals surface area contributed by atoms with E-state index in [0.29, 0.717) is 45.3 Å². The summed E-state index contributed by atoms with van der Waals surface area (Å²) in [6.45, 7) is 2.32. The minimum absolute atomic E-state index is 0.00511. The second-order valence-corrected chi connectivity index (χ2v) is 9.09. The zero-order valence-electron chi connectivity index (χ0n) is 19.5. The van der Waals surface area contributed by atoms with Crippen molar-refractivity contribution in [2.75, 3.05) is 20.3 Å². The second kappa shape index (κ2) is 11.3. The van der Waals surface area contributed by atoms with Crippen molar-refractivity contribution in [3.8, 4) is 0 Å². The third kappa shape index (κ3) is 5.75. The number of carbonyl (C=O) groups excluding carboxylic acids is 1. The highest BCUT2D eigenvalue weighted by Crippen LogP contribution is 2.46. The average molecular weight is 465 g/mol. The van der Waals surface area contributed by atoms with E-state index < -0.39 is 5.79 Å². The molecule has 33 heavy (non-hydrogen) atoms. The Bertz CT molecular complexity index is 758. The van der Waals surface area contributed by atoms with Crippen molar-refractivity contribution >= 4 is 5.97 Å². The number of rotatable bonds is 10. The largest absolute Gasteiger partial charge is 0.466 e. The molecule has 8 heteroatoms. The Kier molecular flexibility index (Phi) is 8.38. The summed E-state index contributed by atoms with van der Waals surface area (Å²) in [5.74, 6) is -1.12. The fourth-order valence-corrected chi connectivity index (χ4v) is 5.21. The van der Waals surface area contributed by atoms with Crippen molar-refractivity contribution in [2.24, 2.45) is 0 Å². The predicted molar refractivity (Wildman–Crippen MR) is 118 cm³/mol. The van der Waals surface area contributed by atoms with E-state index in [2.05, 4.69) is 0 Å². The van der Waals surface area contributed by atoms with Crippen molar-refractivity contribution < 1.29 is 38.3 Å². The van der Waals surface area contributed by atoms with Crippen LogP contribution in [0.2, 0.25) is 0 Å². The fraction of sp³-hybridized carbons (Fsp3) is 0.720. The van der Waals surface area contributed by atoms with Gasteiger partial charge in [-0.05, 0) is 31.2 Å². The summed E-state index contributed by atoms with van der Waals surface area (Å²) in [6.07, 6.45) is 2.93. The highest BCUT2D eigenvalue weighted by molar-refractivity contribution is 5.65. The van der Waals surface area contributed by atoms with Gasteiger partial charge in [-0.1, -0.05) is 30.3 Å². The normalized spacial score (nSPS) is 35.6. The Hall–Kier alpha value is -1.55. The molecule has 7 atom stereocenters. The number of hydrogen-bond donors (Lipinski definition) is 1. The molecule has 3 aliphatic heterocycles. The van der Waals surface area contributed by atoms with E-state index >= 15 is 0 Å². The Balaban J connectivity index is 1.46. The first-order chi connectivity index (χ1) is 16.0. The van der Waals surface area contributed by atoms with Crippen LogP contribution in [0.3, 0.4) is 0 Å². The number of fused-ring (bicyclic) bond motifs is 2. The van der Waals surface area contributed by atoms with Crippen LogP contribution in [0.25, 0.3) is 0 Å². The Labute approximate surface area is 195 Å². The lowest BCUT2D eigenvalue weighted by molar-refractivity contribution is -0.361. The first-order valence-electron chi connectivity index (χ1n) is 12.0. The summed E-state index contributed by atoms with van der Waals surface area (Å²) in [5, 5.41) is 9.33. The maximum absolute atomic E-state index is 11.1. The number of methoxy groups -OCH3 is 1. The van der Waals surface area contributed by atoms with Crippen LogP contribution in [0.5, 0.6) is 0 Å². The minimum Gasteiger partial charge on any atom is -0.466 e. The third-order valence-electron chi connectivity index (χ3n) is 6.87. The zero-order valence-corrected chi connectivity index (χ0v) is 19.5. The first-order valence-corrected chi connectivity index (χ1v) is 12.0. The fourth-order valence-electron chi connectivity index (χ4n) is 5.21. The number of aliphatic hydroxyl groups is 1. The van der Waals surface area contributed by atoms with Gasteiger partial charge in [-0.25, -0.2) is 0 Å². The summed E-state index contributed by atoms with van der Waals surface area (Å²) in [4.78, 5) is 11.1. The van der Waals surface area contributed by atoms with E-state index in [-0.39, 0.29) is 49.2 Å². The van der Waals surface area contributed by atoms with Gasteiger partial charge in [0.15, 0.2) is 5.79 Å². The summed E-state index contributed by atoms with van der Waals surface area (Å²) < 4.78 is 36.7. The number of benzene rings is 1. The lowest BCUT2D eigenvalue weighted by atomic mass is 9.87. The van der Waals surface area contributed by atoms with Crippen molar-refractivity contribution in [3.63, 3.8) is 0 Å². The molecule has 0 spiro atoms. The van der Waals surface area contributed by atoms with E-state index in [9.17, 15) is 9.90 Å². The highest BCUT2D eigenvalue weighted by Gasteiger charge is 2.59. The van der Waals surface area contributed by atoms with Gasteiger partial charge >= 0.3 is 5.97 Å². The molecule has 0 amide bonds. The predicted octanol–water partition coefficient (Wildman–Crippen LogP) is 2.74. The van der Waals surface area contributed by atoms with Crippen LogP contribution in [0.1, 0.15) is 51.0 Å². The van der Waals surface area contributed by atoms with Crippen LogP contribution in [-0.4, -0.2) is 73.8 Å². The molecular formula is C25H36O8. The van der Waals surface area contributed by atoms with Crippen LogP contribution in [0.15, 0.2) is 30.3 Å². The van der Waals surface area contributed by atoms with Crippen molar-refractivity contribution in [2.45, 2.75) is 94.5 Å². The number of carbonyl (C=O) groups is 1. The molecule has 0 aromatic heterocycles. The second-order valence-electron chi connectivity index (χ2n) is 9.09. The maximum atomic E-state index is 11.1. The molecule has 0 bridgehead atoms. The molecule has 0 aliphatic carbocycles. The molecule has 8 nitrogen and oxygen atoms in total. The number of aliphatic hydroxyl groups excluding tert-OH is 1. The molecular weight excluding hydrogens is 428 g/mol. The lowest BCUT2D eigenvalue weighted by Crippen LogP contribution is -2.62. The van der Waals surface area contributed by atoms with Gasteiger partial charge < -0.3 is 33.5 Å². The van der Waals surface area contributed by atoms with Gasteiger partial charge in [-0.15, -0.1) is 0 Å². The number of esters is 1. The van der Waals surface area contributed by atoms with Crippen molar-refractivity contribution in [1.29, 1.82) is 0 Å². The molecule has 0 radical (unpaired) electrons. The molecule has 1 N–H and O–H groups in total. The molecule has 0 saturated carbocycles. The molecule has 3 unspecified atom stereocenters. The Morgan fingerprint density at radius 1 is 1.21 bits per heavy atom. The molecule has 3 heterocycles. The van der Waals surface area contributed by atoms with E-state index in [0.717, 1.165) is 12.0 Å². The average Bonchev–Trinajstić information content (AvgIpc) is 3.15. The molecule has 3 aliphatic rings. The van der Waals surface area contributed by atoms with Crippen molar-refractivity contribution in [3.05, 3.63) is 35.9 Å². The van der Waals surface area contributed by atoms with Crippen LogP contribution < -0.4 is 0 Å². The minimum atomic E-state index is -0.836. The Morgan fingerprint density at radius 2 is 2.03 bits per heavy atom. The smallest absolute Gasteiger partial charge is 0.302 e. The summed E-state index contributed by atoms with van der Waals surface area (Å²) in [5.41, 5.74) is 1.09. The van der Waals surface area contributed by atoms with Crippen LogP contribution in [-0.2, 0) is 39.8 Å². The van der Waals surface area contributed by atoms with E-state index in [1.807, 2.05) is 30.3 Å². The van der Waals surface area contributed by atoms with Gasteiger partial charge in [0.2, 0.25) is 0 Å². The Morgan fingerprint density at radius 3 is 2.76 bits per heavy atom. The quantitative estimate of drug-likeness (QED) is 0.417. The van der Waals surface area contributed by atoms with Crippen molar-refractivity contribution in [1.82, 2.24) is 0 Å². The van der Waals surface area contributed by atoms with E-state index in [1.54, 1.807) is 7.11 Å². The maximum Gasteiger partial charge on any atom is 0.302 e.